The number of para-hydroxylation sites is 2. The van der Waals surface area contributed by atoms with Crippen LogP contribution in [0.25, 0.3) is 11.0 Å². The van der Waals surface area contributed by atoms with Gasteiger partial charge in [-0.1, -0.05) is 12.1 Å². The largest absolute Gasteiger partial charge is 0.341 e. The second kappa shape index (κ2) is 7.13. The van der Waals surface area contributed by atoms with Crippen molar-refractivity contribution < 1.29 is 4.79 Å². The van der Waals surface area contributed by atoms with Crippen LogP contribution in [0.1, 0.15) is 24.7 Å². The molecule has 7 nitrogen and oxygen atoms in total. The van der Waals surface area contributed by atoms with E-state index in [1.54, 1.807) is 24.5 Å². The number of hydrogen-bond donors (Lipinski definition) is 3. The minimum Gasteiger partial charge on any atom is -0.341 e. The quantitative estimate of drug-likeness (QED) is 0.678. The van der Waals surface area contributed by atoms with E-state index in [1.807, 2.05) is 24.3 Å². The van der Waals surface area contributed by atoms with E-state index in [2.05, 4.69) is 32.5 Å². The number of aromatic nitrogens is 3. The summed E-state index contributed by atoms with van der Waals surface area (Å²) in [6, 6.07) is 11.6. The van der Waals surface area contributed by atoms with Gasteiger partial charge in [0.2, 0.25) is 0 Å². The number of aromatic amines is 1. The molecule has 3 N–H and O–H groups in total. The van der Waals surface area contributed by atoms with Gasteiger partial charge in [-0.3, -0.25) is 9.88 Å². The Balaban J connectivity index is 1.43. The van der Waals surface area contributed by atoms with Crippen LogP contribution in [0, 0.1) is 0 Å². The summed E-state index contributed by atoms with van der Waals surface area (Å²) >= 11 is 0. The molecule has 3 heterocycles. The van der Waals surface area contributed by atoms with Crippen molar-refractivity contribution in [1.29, 1.82) is 0 Å². The van der Waals surface area contributed by atoms with Gasteiger partial charge in [0.05, 0.1) is 17.1 Å². The Morgan fingerprint density at radius 1 is 1.23 bits per heavy atom. The topological polar surface area (TPSA) is 85.9 Å². The van der Waals surface area contributed by atoms with Crippen molar-refractivity contribution >= 4 is 22.8 Å². The lowest BCUT2D eigenvalue weighted by Crippen LogP contribution is -2.46. The fraction of sp³-hybridized carbons (Fsp3) is 0.316. The molecule has 0 radical (unpaired) electrons. The first-order chi connectivity index (χ1) is 12.7. The zero-order chi connectivity index (χ0) is 17.9. The smallest absolute Gasteiger partial charge is 0.319 e. The van der Waals surface area contributed by atoms with E-state index >= 15 is 0 Å². The maximum atomic E-state index is 12.3. The second-order valence-electron chi connectivity index (χ2n) is 6.69. The first-order valence-corrected chi connectivity index (χ1v) is 8.81. The number of likely N-dealkylation sites (tertiary alicyclic amines) is 1. The molecule has 2 aromatic heterocycles. The zero-order valence-electron chi connectivity index (χ0n) is 14.6. The van der Waals surface area contributed by atoms with Gasteiger partial charge in [0, 0.05) is 30.7 Å². The highest BCUT2D eigenvalue weighted by atomic mass is 16.2. The second-order valence-corrected chi connectivity index (χ2v) is 6.69. The first kappa shape index (κ1) is 16.5. The Kier molecular flexibility index (Phi) is 4.53. The summed E-state index contributed by atoms with van der Waals surface area (Å²) < 4.78 is 0. The summed E-state index contributed by atoms with van der Waals surface area (Å²) in [5.41, 5.74) is 2.75. The number of rotatable bonds is 3. The number of hydrogen-bond acceptors (Lipinski definition) is 4. The molecule has 4 rings (SSSR count). The molecule has 2 atom stereocenters. The molecule has 2 amide bonds. The third-order valence-corrected chi connectivity index (χ3v) is 4.87. The van der Waals surface area contributed by atoms with Crippen molar-refractivity contribution in [3.63, 3.8) is 0 Å². The van der Waals surface area contributed by atoms with E-state index in [1.165, 1.54) is 0 Å². The van der Waals surface area contributed by atoms with E-state index < -0.39 is 0 Å². The SMILES string of the molecule is CN1CCC(NC(=O)Nc2ccncc2)CC1c1nc2ccccc2[nH]1. The van der Waals surface area contributed by atoms with Crippen molar-refractivity contribution in [3.8, 4) is 0 Å². The van der Waals surface area contributed by atoms with E-state index in [-0.39, 0.29) is 18.1 Å². The lowest BCUT2D eigenvalue weighted by atomic mass is 9.97. The van der Waals surface area contributed by atoms with Crippen LogP contribution in [0.5, 0.6) is 0 Å². The third kappa shape index (κ3) is 3.52. The van der Waals surface area contributed by atoms with Gasteiger partial charge in [0.15, 0.2) is 0 Å². The molecular formula is C19H22N6O. The van der Waals surface area contributed by atoms with Crippen molar-refractivity contribution in [2.75, 3.05) is 18.9 Å². The van der Waals surface area contributed by atoms with Crippen LogP contribution >= 0.6 is 0 Å². The van der Waals surface area contributed by atoms with Crippen molar-refractivity contribution in [3.05, 3.63) is 54.6 Å². The van der Waals surface area contributed by atoms with Crippen LogP contribution in [0.15, 0.2) is 48.8 Å². The van der Waals surface area contributed by atoms with Gasteiger partial charge in [-0.25, -0.2) is 9.78 Å². The molecule has 26 heavy (non-hydrogen) atoms. The number of H-pyrrole nitrogens is 1. The average molecular weight is 350 g/mol. The number of amides is 2. The number of fused-ring (bicyclic) bond motifs is 1. The monoisotopic (exact) mass is 350 g/mol. The van der Waals surface area contributed by atoms with Gasteiger partial charge in [-0.2, -0.15) is 0 Å². The van der Waals surface area contributed by atoms with E-state index in [4.69, 9.17) is 4.98 Å². The highest BCUT2D eigenvalue weighted by Gasteiger charge is 2.30. The minimum atomic E-state index is -0.186. The van der Waals surface area contributed by atoms with Gasteiger partial charge < -0.3 is 15.6 Å². The van der Waals surface area contributed by atoms with Crippen LogP contribution < -0.4 is 10.6 Å². The Bertz CT molecular complexity index is 860. The van der Waals surface area contributed by atoms with Crippen molar-refractivity contribution in [1.82, 2.24) is 25.2 Å². The number of nitrogens with zero attached hydrogens (tertiary/aromatic N) is 3. The summed E-state index contributed by atoms with van der Waals surface area (Å²) in [7, 11) is 2.10. The first-order valence-electron chi connectivity index (χ1n) is 8.81. The number of anilines is 1. The highest BCUT2D eigenvalue weighted by Crippen LogP contribution is 2.29. The number of benzene rings is 1. The lowest BCUT2D eigenvalue weighted by Gasteiger charge is -2.36. The molecule has 7 heteroatoms. The molecular weight excluding hydrogens is 328 g/mol. The molecule has 0 bridgehead atoms. The maximum Gasteiger partial charge on any atom is 0.319 e. The van der Waals surface area contributed by atoms with Crippen LogP contribution in [0.4, 0.5) is 10.5 Å². The predicted molar refractivity (Wildman–Crippen MR) is 101 cm³/mol. The Morgan fingerprint density at radius 2 is 2.04 bits per heavy atom. The van der Waals surface area contributed by atoms with E-state index in [0.717, 1.165) is 41.9 Å². The summed E-state index contributed by atoms with van der Waals surface area (Å²) in [5, 5.41) is 5.93. The molecule has 1 saturated heterocycles. The van der Waals surface area contributed by atoms with Gasteiger partial charge in [0.1, 0.15) is 5.82 Å². The van der Waals surface area contributed by atoms with Crippen LogP contribution in [0.3, 0.4) is 0 Å². The van der Waals surface area contributed by atoms with E-state index in [0.29, 0.717) is 0 Å². The Morgan fingerprint density at radius 3 is 2.85 bits per heavy atom. The van der Waals surface area contributed by atoms with Crippen LogP contribution in [-0.2, 0) is 0 Å². The number of carbonyl (C=O) groups excluding carboxylic acids is 1. The number of pyridine rings is 1. The van der Waals surface area contributed by atoms with Crippen molar-refractivity contribution in [2.24, 2.45) is 0 Å². The van der Waals surface area contributed by atoms with Gasteiger partial charge >= 0.3 is 6.03 Å². The molecule has 134 valence electrons. The fourth-order valence-corrected chi connectivity index (χ4v) is 3.45. The average Bonchev–Trinajstić information content (AvgIpc) is 3.08. The Labute approximate surface area is 151 Å². The molecule has 1 fully saturated rings. The number of imidazole rings is 1. The third-order valence-electron chi connectivity index (χ3n) is 4.87. The summed E-state index contributed by atoms with van der Waals surface area (Å²) in [4.78, 5) is 26.7. The van der Waals surface area contributed by atoms with Gasteiger partial charge in [0.25, 0.3) is 0 Å². The molecule has 0 spiro atoms. The number of urea groups is 1. The highest BCUT2D eigenvalue weighted by molar-refractivity contribution is 5.89. The normalized spacial score (nSPS) is 20.8. The maximum absolute atomic E-state index is 12.3. The summed E-state index contributed by atoms with van der Waals surface area (Å²) in [6.07, 6.45) is 5.04. The van der Waals surface area contributed by atoms with E-state index in [9.17, 15) is 4.79 Å². The van der Waals surface area contributed by atoms with Gasteiger partial charge in [-0.05, 0) is 44.2 Å². The molecule has 1 aliphatic heterocycles. The Hall–Kier alpha value is -2.93. The molecule has 0 aliphatic carbocycles. The van der Waals surface area contributed by atoms with Gasteiger partial charge in [-0.15, -0.1) is 0 Å². The van der Waals surface area contributed by atoms with Crippen LogP contribution in [0.2, 0.25) is 0 Å². The number of carbonyl (C=O) groups is 1. The summed E-state index contributed by atoms with van der Waals surface area (Å²) in [5.74, 6) is 0.953. The van der Waals surface area contributed by atoms with Crippen molar-refractivity contribution in [2.45, 2.75) is 24.9 Å². The zero-order valence-corrected chi connectivity index (χ0v) is 14.6. The lowest BCUT2D eigenvalue weighted by molar-refractivity contribution is 0.153. The predicted octanol–water partition coefficient (Wildman–Crippen LogP) is 2.91. The molecule has 1 aliphatic rings. The van der Waals surface area contributed by atoms with Crippen LogP contribution in [-0.4, -0.2) is 45.5 Å². The minimum absolute atomic E-state index is 0.103. The fourth-order valence-electron chi connectivity index (χ4n) is 3.45. The standard InChI is InChI=1S/C19H22N6O/c1-25-11-8-14(22-19(26)21-13-6-9-20-10-7-13)12-17(25)18-23-15-4-2-3-5-16(15)24-18/h2-7,9-10,14,17H,8,11-12H2,1H3,(H,23,24)(H2,20,21,22,26). The summed E-state index contributed by atoms with van der Waals surface area (Å²) in [6.45, 7) is 0.905. The molecule has 3 aromatic rings. The molecule has 1 aromatic carbocycles. The molecule has 2 unspecified atom stereocenters. The number of piperidine rings is 1. The number of nitrogens with one attached hydrogen (secondary N) is 3. The molecule has 0 saturated carbocycles.